The van der Waals surface area contributed by atoms with Gasteiger partial charge in [-0.1, -0.05) is 19.9 Å². The van der Waals surface area contributed by atoms with E-state index in [1.54, 1.807) is 32.9 Å². The third-order valence-electron chi connectivity index (χ3n) is 3.59. The van der Waals surface area contributed by atoms with Gasteiger partial charge < -0.3 is 15.4 Å². The minimum atomic E-state index is -4.46. The number of nitrogens with one attached hydrogen (secondary N) is 2. The molecule has 0 aliphatic carbocycles. The summed E-state index contributed by atoms with van der Waals surface area (Å²) in [7, 11) is 0. The lowest BCUT2D eigenvalue weighted by molar-refractivity contribution is -0.154. The van der Waals surface area contributed by atoms with Crippen LogP contribution in [0, 0.1) is 12.8 Å². The van der Waals surface area contributed by atoms with Gasteiger partial charge in [-0.2, -0.15) is 13.2 Å². The number of halogens is 3. The second kappa shape index (κ2) is 9.35. The number of nitrogens with zero attached hydrogens (tertiary/aromatic N) is 2. The average molecular weight is 410 g/mol. The molecular weight excluding hydrogens is 389 g/mol. The van der Waals surface area contributed by atoms with Gasteiger partial charge in [-0.25, -0.2) is 9.97 Å². The van der Waals surface area contributed by atoms with E-state index in [9.17, 15) is 22.8 Å². The van der Waals surface area contributed by atoms with Gasteiger partial charge in [-0.3, -0.25) is 9.59 Å². The van der Waals surface area contributed by atoms with E-state index in [2.05, 4.69) is 25.3 Å². The number of ether oxygens (including phenoxy) is 1. The van der Waals surface area contributed by atoms with Crippen LogP contribution in [0.3, 0.4) is 0 Å². The molecule has 0 saturated carbocycles. The molecule has 0 fully saturated rings. The highest BCUT2D eigenvalue weighted by Crippen LogP contribution is 2.17. The van der Waals surface area contributed by atoms with Crippen LogP contribution in [0.25, 0.3) is 0 Å². The van der Waals surface area contributed by atoms with Gasteiger partial charge in [0.2, 0.25) is 11.8 Å². The molecule has 10 heteroatoms. The quantitative estimate of drug-likeness (QED) is 0.731. The van der Waals surface area contributed by atoms with Crippen LogP contribution in [0.2, 0.25) is 0 Å². The number of carbonyl (C=O) groups excluding carboxylic acids is 2. The number of rotatable bonds is 7. The monoisotopic (exact) mass is 410 g/mol. The lowest BCUT2D eigenvalue weighted by Crippen LogP contribution is -2.25. The molecule has 0 atom stereocenters. The van der Waals surface area contributed by atoms with Gasteiger partial charge in [0.1, 0.15) is 5.82 Å². The molecule has 0 aromatic carbocycles. The Kier molecular flexibility index (Phi) is 7.13. The Morgan fingerprint density at radius 2 is 1.90 bits per heavy atom. The minimum absolute atomic E-state index is 0.0168. The Labute approximate surface area is 165 Å². The first-order chi connectivity index (χ1) is 13.5. The van der Waals surface area contributed by atoms with Crippen molar-refractivity contribution in [3.63, 3.8) is 0 Å². The zero-order valence-corrected chi connectivity index (χ0v) is 16.1. The maximum atomic E-state index is 12.4. The van der Waals surface area contributed by atoms with E-state index >= 15 is 0 Å². The molecule has 2 aromatic rings. The summed E-state index contributed by atoms with van der Waals surface area (Å²) in [6.07, 6.45) is -4.46. The van der Waals surface area contributed by atoms with Crippen molar-refractivity contribution in [2.24, 2.45) is 5.92 Å². The van der Waals surface area contributed by atoms with Gasteiger partial charge >= 0.3 is 6.18 Å². The van der Waals surface area contributed by atoms with Gasteiger partial charge in [0.15, 0.2) is 6.61 Å². The first kappa shape index (κ1) is 22.1. The highest BCUT2D eigenvalue weighted by molar-refractivity contribution is 5.97. The van der Waals surface area contributed by atoms with E-state index in [-0.39, 0.29) is 35.6 Å². The second-order valence-electron chi connectivity index (χ2n) is 6.58. The van der Waals surface area contributed by atoms with Gasteiger partial charge in [-0.05, 0) is 25.1 Å². The molecule has 0 saturated heterocycles. The third-order valence-corrected chi connectivity index (χ3v) is 3.59. The summed E-state index contributed by atoms with van der Waals surface area (Å²) in [5, 5.41) is 5.26. The summed E-state index contributed by atoms with van der Waals surface area (Å²) in [6, 6.07) is 7.33. The fourth-order valence-electron chi connectivity index (χ4n) is 2.20. The van der Waals surface area contributed by atoms with E-state index in [0.717, 1.165) is 0 Å². The van der Waals surface area contributed by atoms with Crippen LogP contribution in [-0.4, -0.2) is 34.6 Å². The zero-order valence-electron chi connectivity index (χ0n) is 16.1. The summed E-state index contributed by atoms with van der Waals surface area (Å²) in [6.45, 7) is 3.69. The molecule has 7 nitrogen and oxygen atoms in total. The number of aryl methyl sites for hydroxylation is 1. The molecule has 2 rings (SSSR count). The largest absolute Gasteiger partial charge is 0.468 e. The summed E-state index contributed by atoms with van der Waals surface area (Å²) in [4.78, 5) is 32.4. The molecule has 2 amide bonds. The van der Waals surface area contributed by atoms with Crippen molar-refractivity contribution in [1.29, 1.82) is 0 Å². The molecule has 0 aliphatic heterocycles. The molecule has 0 unspecified atom stereocenters. The molecule has 29 heavy (non-hydrogen) atoms. The summed E-state index contributed by atoms with van der Waals surface area (Å²) in [5.41, 5.74) is 1.15. The fourth-order valence-corrected chi connectivity index (χ4v) is 2.20. The standard InChI is InChI=1S/C19H21F3N4O3/c1-11(2)17(27)26-15-8-13(7-12(3)24-15)18(28)23-9-14-5-4-6-16(25-14)29-10-19(20,21)22/h4-8,11H,9-10H2,1-3H3,(H,23,28)(H,24,26,27). The number of pyridine rings is 2. The first-order valence-electron chi connectivity index (χ1n) is 8.77. The van der Waals surface area contributed by atoms with E-state index in [1.807, 2.05) is 0 Å². The van der Waals surface area contributed by atoms with Crippen LogP contribution in [0.1, 0.15) is 35.6 Å². The van der Waals surface area contributed by atoms with Gasteiger partial charge in [0, 0.05) is 23.2 Å². The van der Waals surface area contributed by atoms with Crippen LogP contribution >= 0.6 is 0 Å². The summed E-state index contributed by atoms with van der Waals surface area (Å²) >= 11 is 0. The highest BCUT2D eigenvalue weighted by Gasteiger charge is 2.28. The molecule has 0 spiro atoms. The third kappa shape index (κ3) is 7.40. The second-order valence-corrected chi connectivity index (χ2v) is 6.58. The van der Waals surface area contributed by atoms with Gasteiger partial charge in [0.05, 0.1) is 12.2 Å². The predicted octanol–water partition coefficient (Wildman–Crippen LogP) is 3.25. The van der Waals surface area contributed by atoms with Crippen molar-refractivity contribution < 1.29 is 27.5 Å². The maximum Gasteiger partial charge on any atom is 0.422 e. The number of anilines is 1. The lowest BCUT2D eigenvalue weighted by Gasteiger charge is -2.11. The van der Waals surface area contributed by atoms with Crippen molar-refractivity contribution >= 4 is 17.6 Å². The Morgan fingerprint density at radius 3 is 2.55 bits per heavy atom. The summed E-state index contributed by atoms with van der Waals surface area (Å²) < 4.78 is 41.3. The topological polar surface area (TPSA) is 93.2 Å². The van der Waals surface area contributed by atoms with Crippen LogP contribution in [0.4, 0.5) is 19.0 Å². The van der Waals surface area contributed by atoms with Crippen molar-refractivity contribution in [3.05, 3.63) is 47.3 Å². The predicted molar refractivity (Wildman–Crippen MR) is 99.4 cm³/mol. The van der Waals surface area contributed by atoms with E-state index in [1.165, 1.54) is 18.2 Å². The Bertz CT molecular complexity index is 885. The van der Waals surface area contributed by atoms with Gasteiger partial charge in [0.25, 0.3) is 5.91 Å². The molecule has 0 aliphatic rings. The Balaban J connectivity index is 2.02. The molecule has 2 N–H and O–H groups in total. The Hall–Kier alpha value is -3.17. The van der Waals surface area contributed by atoms with Crippen molar-refractivity contribution in [3.8, 4) is 5.88 Å². The average Bonchev–Trinajstić information content (AvgIpc) is 2.63. The molecule has 2 aromatic heterocycles. The zero-order chi connectivity index (χ0) is 21.6. The maximum absolute atomic E-state index is 12.4. The van der Waals surface area contributed by atoms with Crippen LogP contribution in [0.5, 0.6) is 5.88 Å². The number of aromatic nitrogens is 2. The van der Waals surface area contributed by atoms with Crippen LogP contribution in [0.15, 0.2) is 30.3 Å². The molecule has 2 heterocycles. The number of carbonyl (C=O) groups is 2. The number of amides is 2. The molecule has 0 radical (unpaired) electrons. The normalized spacial score (nSPS) is 11.3. The van der Waals surface area contributed by atoms with Crippen molar-refractivity contribution in [2.45, 2.75) is 33.5 Å². The van der Waals surface area contributed by atoms with Crippen molar-refractivity contribution in [2.75, 3.05) is 11.9 Å². The number of hydrogen-bond acceptors (Lipinski definition) is 5. The lowest BCUT2D eigenvalue weighted by atomic mass is 10.2. The van der Waals surface area contributed by atoms with Crippen molar-refractivity contribution in [1.82, 2.24) is 15.3 Å². The molecular formula is C19H21F3N4O3. The smallest absolute Gasteiger partial charge is 0.422 e. The van der Waals surface area contributed by atoms with Crippen LogP contribution < -0.4 is 15.4 Å². The minimum Gasteiger partial charge on any atom is -0.468 e. The number of alkyl halides is 3. The molecule has 0 bridgehead atoms. The number of hydrogen-bond donors (Lipinski definition) is 2. The van der Waals surface area contributed by atoms with Crippen LogP contribution in [-0.2, 0) is 11.3 Å². The van der Waals surface area contributed by atoms with E-state index in [0.29, 0.717) is 11.4 Å². The first-order valence-corrected chi connectivity index (χ1v) is 8.77. The van der Waals surface area contributed by atoms with Gasteiger partial charge in [-0.15, -0.1) is 0 Å². The SMILES string of the molecule is Cc1cc(C(=O)NCc2cccc(OCC(F)(F)F)n2)cc(NC(=O)C(C)C)n1. The fraction of sp³-hybridized carbons (Fsp3) is 0.368. The highest BCUT2D eigenvalue weighted by atomic mass is 19.4. The van der Waals surface area contributed by atoms with E-state index < -0.39 is 18.7 Å². The Morgan fingerprint density at radius 1 is 1.17 bits per heavy atom. The van der Waals surface area contributed by atoms with E-state index in [4.69, 9.17) is 0 Å². The molecule has 156 valence electrons. The summed E-state index contributed by atoms with van der Waals surface area (Å²) in [5.74, 6) is -0.845.